The molecule has 0 saturated heterocycles. The normalized spacial score (nSPS) is 11.6. The standard InChI is InChI=1S/C28H27N3O2/c1-19(20-10-5-4-6-11-20)29-28(33)25-18-22(16-17-26(25)31(2)3)30-27(32)24-15-9-13-21-12-7-8-14-23(21)24/h4-19H,1-3H3,(H,29,33)(H,30,32). The lowest BCUT2D eigenvalue weighted by atomic mass is 10.0. The van der Waals surface area contributed by atoms with E-state index in [1.807, 2.05) is 105 Å². The van der Waals surface area contributed by atoms with E-state index in [1.54, 1.807) is 12.1 Å². The molecule has 0 spiro atoms. The van der Waals surface area contributed by atoms with Crippen LogP contribution in [-0.2, 0) is 0 Å². The average molecular weight is 438 g/mol. The first-order valence-corrected chi connectivity index (χ1v) is 10.9. The van der Waals surface area contributed by atoms with E-state index in [0.717, 1.165) is 22.0 Å². The van der Waals surface area contributed by atoms with Crippen molar-refractivity contribution in [3.05, 3.63) is 108 Å². The molecule has 166 valence electrons. The van der Waals surface area contributed by atoms with E-state index >= 15 is 0 Å². The molecule has 2 amide bonds. The largest absolute Gasteiger partial charge is 0.377 e. The van der Waals surface area contributed by atoms with Crippen molar-refractivity contribution in [2.45, 2.75) is 13.0 Å². The molecule has 0 heterocycles. The van der Waals surface area contributed by atoms with Crippen molar-refractivity contribution >= 4 is 34.0 Å². The van der Waals surface area contributed by atoms with Gasteiger partial charge in [-0.25, -0.2) is 0 Å². The highest BCUT2D eigenvalue weighted by molar-refractivity contribution is 6.13. The third kappa shape index (κ3) is 4.88. The molecule has 5 nitrogen and oxygen atoms in total. The number of hydrogen-bond acceptors (Lipinski definition) is 3. The molecule has 4 rings (SSSR count). The molecule has 0 saturated carbocycles. The summed E-state index contributed by atoms with van der Waals surface area (Å²) in [4.78, 5) is 28.1. The minimum atomic E-state index is -0.214. The van der Waals surface area contributed by atoms with Crippen LogP contribution < -0.4 is 15.5 Å². The fraction of sp³-hybridized carbons (Fsp3) is 0.143. The topological polar surface area (TPSA) is 61.4 Å². The van der Waals surface area contributed by atoms with Gasteiger partial charge in [-0.15, -0.1) is 0 Å². The molecular weight excluding hydrogens is 410 g/mol. The summed E-state index contributed by atoms with van der Waals surface area (Å²) in [5.74, 6) is -0.412. The molecule has 0 aliphatic carbocycles. The van der Waals surface area contributed by atoms with Crippen LogP contribution in [-0.4, -0.2) is 25.9 Å². The second-order valence-corrected chi connectivity index (χ2v) is 8.21. The van der Waals surface area contributed by atoms with Crippen LogP contribution in [0.3, 0.4) is 0 Å². The summed E-state index contributed by atoms with van der Waals surface area (Å²) in [6.45, 7) is 1.95. The average Bonchev–Trinajstić information content (AvgIpc) is 2.84. The van der Waals surface area contributed by atoms with Crippen LogP contribution in [0.25, 0.3) is 10.8 Å². The van der Waals surface area contributed by atoms with E-state index in [1.165, 1.54) is 0 Å². The highest BCUT2D eigenvalue weighted by Gasteiger charge is 2.18. The Labute approximate surface area is 194 Å². The van der Waals surface area contributed by atoms with Crippen molar-refractivity contribution in [1.29, 1.82) is 0 Å². The zero-order chi connectivity index (χ0) is 23.4. The number of amides is 2. The first kappa shape index (κ1) is 22.1. The van der Waals surface area contributed by atoms with Gasteiger partial charge in [0.05, 0.1) is 11.6 Å². The van der Waals surface area contributed by atoms with E-state index < -0.39 is 0 Å². The van der Waals surface area contributed by atoms with Gasteiger partial charge in [0, 0.05) is 31.0 Å². The van der Waals surface area contributed by atoms with Crippen molar-refractivity contribution in [2.24, 2.45) is 0 Å². The summed E-state index contributed by atoms with van der Waals surface area (Å²) in [6.07, 6.45) is 0. The van der Waals surface area contributed by atoms with Gasteiger partial charge in [-0.2, -0.15) is 0 Å². The smallest absolute Gasteiger partial charge is 0.256 e. The molecule has 4 aromatic carbocycles. The van der Waals surface area contributed by atoms with Crippen molar-refractivity contribution in [2.75, 3.05) is 24.3 Å². The van der Waals surface area contributed by atoms with E-state index in [-0.39, 0.29) is 17.9 Å². The number of hydrogen-bond donors (Lipinski definition) is 2. The minimum Gasteiger partial charge on any atom is -0.377 e. The van der Waals surface area contributed by atoms with E-state index in [2.05, 4.69) is 10.6 Å². The molecule has 0 fully saturated rings. The molecule has 0 bridgehead atoms. The maximum atomic E-state index is 13.2. The van der Waals surface area contributed by atoms with Gasteiger partial charge in [0.15, 0.2) is 0 Å². The molecule has 0 aliphatic heterocycles. The predicted octanol–water partition coefficient (Wildman–Crippen LogP) is 5.65. The zero-order valence-electron chi connectivity index (χ0n) is 19.0. The third-order valence-electron chi connectivity index (χ3n) is 5.66. The Bertz CT molecular complexity index is 1290. The Morgan fingerprint density at radius 1 is 0.758 bits per heavy atom. The van der Waals surface area contributed by atoms with Gasteiger partial charge >= 0.3 is 0 Å². The van der Waals surface area contributed by atoms with Crippen molar-refractivity contribution < 1.29 is 9.59 Å². The Kier molecular flexibility index (Phi) is 6.41. The fourth-order valence-corrected chi connectivity index (χ4v) is 3.91. The molecule has 2 N–H and O–H groups in total. The Morgan fingerprint density at radius 3 is 2.21 bits per heavy atom. The molecule has 0 aromatic heterocycles. The van der Waals surface area contributed by atoms with Gasteiger partial charge in [-0.3, -0.25) is 9.59 Å². The zero-order valence-corrected chi connectivity index (χ0v) is 19.0. The van der Waals surface area contributed by atoms with Crippen LogP contribution >= 0.6 is 0 Å². The van der Waals surface area contributed by atoms with Crippen molar-refractivity contribution in [3.63, 3.8) is 0 Å². The second-order valence-electron chi connectivity index (χ2n) is 8.21. The summed E-state index contributed by atoms with van der Waals surface area (Å²) in [6, 6.07) is 28.5. The molecular formula is C28H27N3O2. The molecule has 4 aromatic rings. The number of carbonyl (C=O) groups excluding carboxylic acids is 2. The van der Waals surface area contributed by atoms with Gasteiger partial charge in [-0.05, 0) is 47.5 Å². The first-order chi connectivity index (χ1) is 15.9. The van der Waals surface area contributed by atoms with E-state index in [0.29, 0.717) is 16.8 Å². The number of anilines is 2. The lowest BCUT2D eigenvalue weighted by molar-refractivity contribution is 0.0939. The first-order valence-electron chi connectivity index (χ1n) is 10.9. The quantitative estimate of drug-likeness (QED) is 0.410. The van der Waals surface area contributed by atoms with E-state index in [4.69, 9.17) is 0 Å². The van der Waals surface area contributed by atoms with Gasteiger partial charge in [0.2, 0.25) is 0 Å². The summed E-state index contributed by atoms with van der Waals surface area (Å²) >= 11 is 0. The van der Waals surface area contributed by atoms with Crippen LogP contribution in [0.5, 0.6) is 0 Å². The van der Waals surface area contributed by atoms with Crippen LogP contribution in [0.1, 0.15) is 39.2 Å². The highest BCUT2D eigenvalue weighted by atomic mass is 16.2. The molecule has 1 unspecified atom stereocenters. The van der Waals surface area contributed by atoms with Gasteiger partial charge in [0.1, 0.15) is 0 Å². The molecule has 0 radical (unpaired) electrons. The number of nitrogens with one attached hydrogen (secondary N) is 2. The predicted molar refractivity (Wildman–Crippen MR) is 135 cm³/mol. The maximum Gasteiger partial charge on any atom is 0.256 e. The third-order valence-corrected chi connectivity index (χ3v) is 5.66. The maximum absolute atomic E-state index is 13.2. The summed E-state index contributed by atoms with van der Waals surface area (Å²) in [7, 11) is 3.78. The van der Waals surface area contributed by atoms with Crippen LogP contribution in [0.4, 0.5) is 11.4 Å². The van der Waals surface area contributed by atoms with Gasteiger partial charge in [-0.1, -0.05) is 66.7 Å². The highest BCUT2D eigenvalue weighted by Crippen LogP contribution is 2.26. The number of fused-ring (bicyclic) bond motifs is 1. The lowest BCUT2D eigenvalue weighted by Gasteiger charge is -2.20. The van der Waals surface area contributed by atoms with E-state index in [9.17, 15) is 9.59 Å². The van der Waals surface area contributed by atoms with Gasteiger partial charge < -0.3 is 15.5 Å². The van der Waals surface area contributed by atoms with Crippen LogP contribution in [0.15, 0.2) is 91.0 Å². The monoisotopic (exact) mass is 437 g/mol. The lowest BCUT2D eigenvalue weighted by Crippen LogP contribution is -2.28. The Hall–Kier alpha value is -4.12. The fourth-order valence-electron chi connectivity index (χ4n) is 3.91. The molecule has 1 atom stereocenters. The Balaban J connectivity index is 1.60. The molecule has 0 aliphatic rings. The summed E-state index contributed by atoms with van der Waals surface area (Å²) in [5.41, 5.74) is 3.46. The van der Waals surface area contributed by atoms with Gasteiger partial charge in [0.25, 0.3) is 11.8 Å². The minimum absolute atomic E-state index is 0.150. The number of benzene rings is 4. The summed E-state index contributed by atoms with van der Waals surface area (Å²) in [5, 5.41) is 7.91. The molecule has 33 heavy (non-hydrogen) atoms. The van der Waals surface area contributed by atoms with Crippen LogP contribution in [0, 0.1) is 0 Å². The number of carbonyl (C=O) groups is 2. The number of rotatable bonds is 6. The van der Waals surface area contributed by atoms with Crippen LogP contribution in [0.2, 0.25) is 0 Å². The Morgan fingerprint density at radius 2 is 1.45 bits per heavy atom. The summed E-state index contributed by atoms with van der Waals surface area (Å²) < 4.78 is 0. The van der Waals surface area contributed by atoms with Crippen molar-refractivity contribution in [1.82, 2.24) is 5.32 Å². The SMILES string of the molecule is CC(NC(=O)c1cc(NC(=O)c2cccc3ccccc23)ccc1N(C)C)c1ccccc1. The molecule has 5 heteroatoms. The second kappa shape index (κ2) is 9.57. The number of nitrogens with zero attached hydrogens (tertiary/aromatic N) is 1. The van der Waals surface area contributed by atoms with Crippen molar-refractivity contribution in [3.8, 4) is 0 Å².